The third kappa shape index (κ3) is 3.02. The molecule has 0 aliphatic rings. The van der Waals surface area contributed by atoms with Crippen LogP contribution in [0.5, 0.6) is 0 Å². The maximum absolute atomic E-state index is 12.8. The summed E-state index contributed by atoms with van der Waals surface area (Å²) < 4.78 is 30.1. The van der Waals surface area contributed by atoms with Crippen LogP contribution in [-0.2, 0) is 22.5 Å². The van der Waals surface area contributed by atoms with Crippen LogP contribution in [-0.4, -0.2) is 13.1 Å². The molecule has 0 saturated carbocycles. The number of carbonyl (C=O) groups is 1. The number of esters is 1. The van der Waals surface area contributed by atoms with E-state index in [1.54, 1.807) is 6.07 Å². The van der Waals surface area contributed by atoms with Crippen LogP contribution >= 0.6 is 0 Å². The SMILES string of the molecule is COC(=O)Cc1cc(CN)cc(C(F)F)c1C#N. The summed E-state index contributed by atoms with van der Waals surface area (Å²) in [5.74, 6) is -0.596. The minimum atomic E-state index is -2.79. The first-order valence-electron chi connectivity index (χ1n) is 5.14. The average molecular weight is 254 g/mol. The Morgan fingerprint density at radius 3 is 2.67 bits per heavy atom. The molecule has 0 unspecified atom stereocenters. The van der Waals surface area contributed by atoms with E-state index < -0.39 is 18.0 Å². The molecule has 0 amide bonds. The Morgan fingerprint density at radius 2 is 2.22 bits per heavy atom. The van der Waals surface area contributed by atoms with Gasteiger partial charge in [0, 0.05) is 12.1 Å². The lowest BCUT2D eigenvalue weighted by molar-refractivity contribution is -0.139. The number of halogens is 2. The highest BCUT2D eigenvalue weighted by molar-refractivity contribution is 5.74. The number of nitrogens with two attached hydrogens (primary N) is 1. The molecule has 1 aromatic carbocycles. The lowest BCUT2D eigenvalue weighted by atomic mass is 9.96. The van der Waals surface area contributed by atoms with E-state index in [4.69, 9.17) is 11.0 Å². The first kappa shape index (κ1) is 14.1. The van der Waals surface area contributed by atoms with Crippen LogP contribution in [0.2, 0.25) is 0 Å². The van der Waals surface area contributed by atoms with Crippen LogP contribution in [0, 0.1) is 11.3 Å². The number of benzene rings is 1. The minimum Gasteiger partial charge on any atom is -0.469 e. The Morgan fingerprint density at radius 1 is 1.56 bits per heavy atom. The summed E-state index contributed by atoms with van der Waals surface area (Å²) in [6, 6.07) is 4.36. The fourth-order valence-corrected chi connectivity index (χ4v) is 1.59. The van der Waals surface area contributed by atoms with Gasteiger partial charge in [0.2, 0.25) is 0 Å². The Hall–Kier alpha value is -2.00. The molecule has 0 heterocycles. The molecule has 0 saturated heterocycles. The average Bonchev–Trinajstić information content (AvgIpc) is 2.37. The molecule has 96 valence electrons. The molecule has 18 heavy (non-hydrogen) atoms. The third-order valence-electron chi connectivity index (χ3n) is 2.46. The standard InChI is InChI=1S/C12H12F2N2O2/c1-18-11(17)4-8-2-7(5-15)3-9(12(13)14)10(8)6-16/h2-3,12H,4-5,15H2,1H3. The van der Waals surface area contributed by atoms with Crippen molar-refractivity contribution in [3.8, 4) is 6.07 Å². The van der Waals surface area contributed by atoms with Gasteiger partial charge in [0.05, 0.1) is 25.2 Å². The Balaban J connectivity index is 3.34. The summed E-state index contributed by atoms with van der Waals surface area (Å²) in [6.07, 6.45) is -3.02. The number of nitriles is 1. The van der Waals surface area contributed by atoms with Crippen LogP contribution in [0.4, 0.5) is 8.78 Å². The van der Waals surface area contributed by atoms with Gasteiger partial charge in [-0.2, -0.15) is 5.26 Å². The van der Waals surface area contributed by atoms with Gasteiger partial charge >= 0.3 is 5.97 Å². The van der Waals surface area contributed by atoms with E-state index in [2.05, 4.69) is 4.74 Å². The molecule has 0 aliphatic carbocycles. The molecule has 0 aromatic heterocycles. The number of rotatable bonds is 4. The second kappa shape index (κ2) is 6.07. The molecular formula is C12H12F2N2O2. The summed E-state index contributed by atoms with van der Waals surface area (Å²) in [5, 5.41) is 8.93. The normalized spacial score (nSPS) is 10.2. The first-order valence-corrected chi connectivity index (χ1v) is 5.14. The van der Waals surface area contributed by atoms with Crippen LogP contribution < -0.4 is 5.73 Å². The maximum Gasteiger partial charge on any atom is 0.310 e. The number of alkyl halides is 2. The largest absolute Gasteiger partial charge is 0.469 e. The minimum absolute atomic E-state index is 0.0552. The topological polar surface area (TPSA) is 76.1 Å². The van der Waals surface area contributed by atoms with Crippen molar-refractivity contribution in [2.45, 2.75) is 19.4 Å². The molecule has 0 spiro atoms. The predicted octanol–water partition coefficient (Wildman–Crippen LogP) is 1.67. The van der Waals surface area contributed by atoms with Crippen molar-refractivity contribution in [2.75, 3.05) is 7.11 Å². The number of hydrogen-bond donors (Lipinski definition) is 1. The highest BCUT2D eigenvalue weighted by Gasteiger charge is 2.19. The van der Waals surface area contributed by atoms with Crippen molar-refractivity contribution in [3.63, 3.8) is 0 Å². The van der Waals surface area contributed by atoms with E-state index in [1.165, 1.54) is 19.2 Å². The monoisotopic (exact) mass is 254 g/mol. The summed E-state index contributed by atoms with van der Waals surface area (Å²) in [6.45, 7) is 0.0552. The van der Waals surface area contributed by atoms with E-state index in [0.29, 0.717) is 5.56 Å². The summed E-state index contributed by atoms with van der Waals surface area (Å²) in [7, 11) is 1.19. The zero-order chi connectivity index (χ0) is 13.7. The second-order valence-electron chi connectivity index (χ2n) is 3.59. The Kier molecular flexibility index (Phi) is 4.75. The number of hydrogen-bond acceptors (Lipinski definition) is 4. The molecule has 1 aromatic rings. The van der Waals surface area contributed by atoms with Crippen molar-refractivity contribution >= 4 is 5.97 Å². The lowest BCUT2D eigenvalue weighted by Gasteiger charge is -2.11. The van der Waals surface area contributed by atoms with Crippen LogP contribution in [0.3, 0.4) is 0 Å². The molecule has 1 rings (SSSR count). The van der Waals surface area contributed by atoms with E-state index >= 15 is 0 Å². The Bertz CT molecular complexity index is 496. The summed E-state index contributed by atoms with van der Waals surface area (Å²) in [5.41, 5.74) is 5.47. The van der Waals surface area contributed by atoms with Gasteiger partial charge < -0.3 is 10.5 Å². The van der Waals surface area contributed by atoms with Crippen LogP contribution in [0.25, 0.3) is 0 Å². The molecule has 0 bridgehead atoms. The van der Waals surface area contributed by atoms with Gasteiger partial charge in [0.25, 0.3) is 6.43 Å². The summed E-state index contributed by atoms with van der Waals surface area (Å²) in [4.78, 5) is 11.2. The van der Waals surface area contributed by atoms with E-state index in [9.17, 15) is 13.6 Å². The number of carbonyl (C=O) groups excluding carboxylic acids is 1. The highest BCUT2D eigenvalue weighted by atomic mass is 19.3. The molecule has 0 aliphatic heterocycles. The number of nitrogens with zero attached hydrogens (tertiary/aromatic N) is 1. The smallest absolute Gasteiger partial charge is 0.310 e. The molecule has 0 atom stereocenters. The molecule has 4 nitrogen and oxygen atoms in total. The molecular weight excluding hydrogens is 242 g/mol. The second-order valence-corrected chi connectivity index (χ2v) is 3.59. The van der Waals surface area contributed by atoms with Gasteiger partial charge in [-0.05, 0) is 17.2 Å². The summed E-state index contributed by atoms with van der Waals surface area (Å²) >= 11 is 0. The van der Waals surface area contributed by atoms with Crippen molar-refractivity contribution in [3.05, 3.63) is 34.4 Å². The van der Waals surface area contributed by atoms with Crippen molar-refractivity contribution in [2.24, 2.45) is 5.73 Å². The van der Waals surface area contributed by atoms with Gasteiger partial charge in [-0.15, -0.1) is 0 Å². The molecule has 2 N–H and O–H groups in total. The van der Waals surface area contributed by atoms with E-state index in [-0.39, 0.29) is 24.1 Å². The Labute approximate surface area is 103 Å². The molecule has 0 radical (unpaired) electrons. The number of methoxy groups -OCH3 is 1. The van der Waals surface area contributed by atoms with Crippen molar-refractivity contribution in [1.82, 2.24) is 0 Å². The predicted molar refractivity (Wildman–Crippen MR) is 59.7 cm³/mol. The van der Waals surface area contributed by atoms with E-state index in [1.807, 2.05) is 0 Å². The van der Waals surface area contributed by atoms with Crippen LogP contribution in [0.15, 0.2) is 12.1 Å². The zero-order valence-electron chi connectivity index (χ0n) is 9.74. The number of ether oxygens (including phenoxy) is 1. The van der Waals surface area contributed by atoms with E-state index in [0.717, 1.165) is 0 Å². The fraction of sp³-hybridized carbons (Fsp3) is 0.333. The molecule has 0 fully saturated rings. The van der Waals surface area contributed by atoms with Crippen molar-refractivity contribution in [1.29, 1.82) is 5.26 Å². The fourth-order valence-electron chi connectivity index (χ4n) is 1.59. The zero-order valence-corrected chi connectivity index (χ0v) is 9.74. The molecule has 6 heteroatoms. The maximum atomic E-state index is 12.8. The van der Waals surface area contributed by atoms with Crippen LogP contribution in [0.1, 0.15) is 28.7 Å². The first-order chi connectivity index (χ1) is 8.53. The van der Waals surface area contributed by atoms with Gasteiger partial charge in [0.1, 0.15) is 0 Å². The van der Waals surface area contributed by atoms with Gasteiger partial charge in [-0.25, -0.2) is 8.78 Å². The third-order valence-corrected chi connectivity index (χ3v) is 2.46. The quantitative estimate of drug-likeness (QED) is 0.829. The van der Waals surface area contributed by atoms with Gasteiger partial charge in [-0.3, -0.25) is 4.79 Å². The van der Waals surface area contributed by atoms with Gasteiger partial charge in [0.15, 0.2) is 0 Å². The van der Waals surface area contributed by atoms with Crippen molar-refractivity contribution < 1.29 is 18.3 Å². The lowest BCUT2D eigenvalue weighted by Crippen LogP contribution is -2.10. The highest BCUT2D eigenvalue weighted by Crippen LogP contribution is 2.27. The van der Waals surface area contributed by atoms with Gasteiger partial charge in [-0.1, -0.05) is 6.07 Å².